The molecule has 1 fully saturated rings. The predicted octanol–water partition coefficient (Wildman–Crippen LogP) is 5.58. The van der Waals surface area contributed by atoms with Crippen LogP contribution in [0, 0.1) is 0 Å². The van der Waals surface area contributed by atoms with Gasteiger partial charge in [0.05, 0.1) is 17.8 Å². The smallest absolute Gasteiger partial charge is 0.393 e. The molecular formula is C31H32F3N5O2. The Morgan fingerprint density at radius 3 is 2.37 bits per heavy atom. The van der Waals surface area contributed by atoms with Crippen molar-refractivity contribution in [3.8, 4) is 5.69 Å². The maximum absolute atomic E-state index is 13.6. The normalized spacial score (nSPS) is 18.2. The number of carbonyl (C=O) groups excluding carboxylic acids is 1. The maximum atomic E-state index is 13.6. The Bertz CT molecular complexity index is 1480. The van der Waals surface area contributed by atoms with Crippen LogP contribution in [0.3, 0.4) is 0 Å². The molecule has 10 heteroatoms. The van der Waals surface area contributed by atoms with Gasteiger partial charge in [-0.2, -0.15) is 18.3 Å². The first kappa shape index (κ1) is 28.5. The van der Waals surface area contributed by atoms with Gasteiger partial charge in [0.2, 0.25) is 0 Å². The molecule has 5 N–H and O–H groups in total. The number of alkyl halides is 3. The van der Waals surface area contributed by atoms with E-state index in [1.807, 2.05) is 42.5 Å². The molecule has 1 heterocycles. The van der Waals surface area contributed by atoms with E-state index in [4.69, 9.17) is 5.73 Å². The van der Waals surface area contributed by atoms with Gasteiger partial charge in [0.25, 0.3) is 5.91 Å². The highest BCUT2D eigenvalue weighted by atomic mass is 19.4. The van der Waals surface area contributed by atoms with Gasteiger partial charge in [-0.3, -0.25) is 4.79 Å². The summed E-state index contributed by atoms with van der Waals surface area (Å²) in [5.41, 5.74) is 7.65. The first-order valence-electron chi connectivity index (χ1n) is 13.6. The standard InChI is InChI=1S/C31H32F3N5O2/c32-31(33,34)28-18-27(39(38-28)25-11-4-6-20(16-25)19-35)30(41)37-24-10-5-9-22(17-24)29(21-7-2-1-3-8-21)36-23-12-14-26(40)15-13-23/h1-11,16-18,23,26,29,36,40H,12-15,19,35H2,(H,37,41)/t23-,26-,29?. The third-order valence-corrected chi connectivity index (χ3v) is 7.33. The molecular weight excluding hydrogens is 531 g/mol. The van der Waals surface area contributed by atoms with Crippen molar-refractivity contribution in [3.05, 3.63) is 113 Å². The van der Waals surface area contributed by atoms with Crippen LogP contribution in [0.15, 0.2) is 84.9 Å². The summed E-state index contributed by atoms with van der Waals surface area (Å²) in [6.45, 7) is 0.188. The summed E-state index contributed by atoms with van der Waals surface area (Å²) >= 11 is 0. The van der Waals surface area contributed by atoms with Crippen molar-refractivity contribution in [3.63, 3.8) is 0 Å². The molecule has 41 heavy (non-hydrogen) atoms. The highest BCUT2D eigenvalue weighted by Crippen LogP contribution is 2.31. The zero-order valence-electron chi connectivity index (χ0n) is 22.3. The lowest BCUT2D eigenvalue weighted by atomic mass is 9.90. The number of nitrogens with one attached hydrogen (secondary N) is 2. The molecule has 214 valence electrons. The van der Waals surface area contributed by atoms with Crippen LogP contribution < -0.4 is 16.4 Å². The average molecular weight is 564 g/mol. The van der Waals surface area contributed by atoms with Crippen molar-refractivity contribution in [1.82, 2.24) is 15.1 Å². The van der Waals surface area contributed by atoms with Crippen LogP contribution in [-0.2, 0) is 12.7 Å². The molecule has 0 bridgehead atoms. The Morgan fingerprint density at radius 1 is 0.951 bits per heavy atom. The van der Waals surface area contributed by atoms with Crippen molar-refractivity contribution in [1.29, 1.82) is 0 Å². The van der Waals surface area contributed by atoms with Crippen molar-refractivity contribution < 1.29 is 23.1 Å². The molecule has 7 nitrogen and oxygen atoms in total. The van der Waals surface area contributed by atoms with Gasteiger partial charge in [0, 0.05) is 24.3 Å². The molecule has 4 aromatic rings. The maximum Gasteiger partial charge on any atom is 0.435 e. The van der Waals surface area contributed by atoms with E-state index in [0.717, 1.165) is 47.6 Å². The molecule has 0 spiro atoms. The van der Waals surface area contributed by atoms with Gasteiger partial charge in [-0.05, 0) is 66.6 Å². The third-order valence-electron chi connectivity index (χ3n) is 7.33. The number of nitrogens with zero attached hydrogens (tertiary/aromatic N) is 2. The molecule has 1 amide bonds. The molecule has 1 saturated carbocycles. The molecule has 1 aliphatic rings. The van der Waals surface area contributed by atoms with Crippen LogP contribution in [0.4, 0.5) is 18.9 Å². The molecule has 0 saturated heterocycles. The molecule has 0 radical (unpaired) electrons. The Kier molecular flexibility index (Phi) is 8.53. The van der Waals surface area contributed by atoms with Crippen LogP contribution >= 0.6 is 0 Å². The minimum Gasteiger partial charge on any atom is -0.393 e. The van der Waals surface area contributed by atoms with Gasteiger partial charge in [0.15, 0.2) is 5.69 Å². The lowest BCUT2D eigenvalue weighted by molar-refractivity contribution is -0.141. The summed E-state index contributed by atoms with van der Waals surface area (Å²) in [4.78, 5) is 13.4. The number of halogens is 3. The Balaban J connectivity index is 1.44. The van der Waals surface area contributed by atoms with Crippen LogP contribution in [0.2, 0.25) is 0 Å². The molecule has 1 unspecified atom stereocenters. The van der Waals surface area contributed by atoms with Gasteiger partial charge < -0.3 is 21.5 Å². The monoisotopic (exact) mass is 563 g/mol. The number of benzene rings is 3. The van der Waals surface area contributed by atoms with Crippen LogP contribution in [0.5, 0.6) is 0 Å². The quantitative estimate of drug-likeness (QED) is 0.224. The molecule has 3 aromatic carbocycles. The molecule has 1 aromatic heterocycles. The number of hydrogen-bond acceptors (Lipinski definition) is 5. The highest BCUT2D eigenvalue weighted by Gasteiger charge is 2.36. The van der Waals surface area contributed by atoms with E-state index in [0.29, 0.717) is 16.9 Å². The van der Waals surface area contributed by atoms with Gasteiger partial charge in [-0.25, -0.2) is 4.68 Å². The zero-order chi connectivity index (χ0) is 29.0. The highest BCUT2D eigenvalue weighted by molar-refractivity contribution is 6.03. The predicted molar refractivity (Wildman–Crippen MR) is 151 cm³/mol. The number of amides is 1. The molecule has 1 atom stereocenters. The largest absolute Gasteiger partial charge is 0.435 e. The minimum absolute atomic E-state index is 0.186. The van der Waals surface area contributed by atoms with E-state index < -0.39 is 17.8 Å². The molecule has 1 aliphatic carbocycles. The first-order chi connectivity index (χ1) is 19.7. The van der Waals surface area contributed by atoms with Crippen LogP contribution in [0.1, 0.15) is 64.6 Å². The fourth-order valence-electron chi connectivity index (χ4n) is 5.19. The number of aliphatic hydroxyl groups excluding tert-OH is 1. The Labute approximate surface area is 236 Å². The number of nitrogens with two attached hydrogens (primary N) is 1. The lowest BCUT2D eigenvalue weighted by Gasteiger charge is -2.31. The van der Waals surface area contributed by atoms with Crippen molar-refractivity contribution >= 4 is 11.6 Å². The van der Waals surface area contributed by atoms with E-state index in [1.54, 1.807) is 36.4 Å². The second kappa shape index (κ2) is 12.3. The zero-order valence-corrected chi connectivity index (χ0v) is 22.3. The van der Waals surface area contributed by atoms with Crippen molar-refractivity contribution in [2.24, 2.45) is 5.73 Å². The van der Waals surface area contributed by atoms with Crippen molar-refractivity contribution in [2.45, 2.75) is 56.6 Å². The summed E-state index contributed by atoms with van der Waals surface area (Å²) < 4.78 is 41.8. The van der Waals surface area contributed by atoms with E-state index in [-0.39, 0.29) is 30.4 Å². The second-order valence-electron chi connectivity index (χ2n) is 10.3. The Morgan fingerprint density at radius 2 is 1.66 bits per heavy atom. The summed E-state index contributed by atoms with van der Waals surface area (Å²) in [6, 6.07) is 24.5. The van der Waals surface area contributed by atoms with Crippen LogP contribution in [0.25, 0.3) is 5.69 Å². The SMILES string of the molecule is NCc1cccc(-n2nc(C(F)(F)F)cc2C(=O)Nc2cccc(C(N[C@H]3CC[C@H](O)CC3)c3ccccc3)c2)c1. The summed E-state index contributed by atoms with van der Waals surface area (Å²) in [6.07, 6.45) is -1.84. The van der Waals surface area contributed by atoms with Crippen LogP contribution in [-0.4, -0.2) is 32.9 Å². The number of anilines is 1. The summed E-state index contributed by atoms with van der Waals surface area (Å²) in [7, 11) is 0. The molecule has 0 aliphatic heterocycles. The van der Waals surface area contributed by atoms with E-state index in [2.05, 4.69) is 15.7 Å². The number of aromatic nitrogens is 2. The number of rotatable bonds is 8. The fourth-order valence-corrected chi connectivity index (χ4v) is 5.19. The summed E-state index contributed by atoms with van der Waals surface area (Å²) in [5.74, 6) is -0.728. The lowest BCUT2D eigenvalue weighted by Crippen LogP contribution is -2.37. The summed E-state index contributed by atoms with van der Waals surface area (Å²) in [5, 5.41) is 20.1. The third kappa shape index (κ3) is 6.84. The van der Waals surface area contributed by atoms with Gasteiger partial charge in [-0.15, -0.1) is 0 Å². The molecule has 5 rings (SSSR count). The van der Waals surface area contributed by atoms with E-state index >= 15 is 0 Å². The van der Waals surface area contributed by atoms with E-state index in [9.17, 15) is 23.1 Å². The first-order valence-corrected chi connectivity index (χ1v) is 13.6. The van der Waals surface area contributed by atoms with Crippen molar-refractivity contribution in [2.75, 3.05) is 5.32 Å². The topological polar surface area (TPSA) is 105 Å². The number of hydrogen-bond donors (Lipinski definition) is 4. The number of aliphatic hydroxyl groups is 1. The van der Waals surface area contributed by atoms with E-state index in [1.165, 1.54) is 0 Å². The fraction of sp³-hybridized carbons (Fsp3) is 0.290. The Hall–Kier alpha value is -3.99. The van der Waals surface area contributed by atoms with Gasteiger partial charge in [-0.1, -0.05) is 54.6 Å². The average Bonchev–Trinajstić information content (AvgIpc) is 3.44. The van der Waals surface area contributed by atoms with Gasteiger partial charge >= 0.3 is 6.18 Å². The second-order valence-corrected chi connectivity index (χ2v) is 10.3. The van der Waals surface area contributed by atoms with Gasteiger partial charge in [0.1, 0.15) is 5.69 Å². The number of carbonyl (C=O) groups is 1. The minimum atomic E-state index is -4.73.